The lowest BCUT2D eigenvalue weighted by Crippen LogP contribution is -1.97. The summed E-state index contributed by atoms with van der Waals surface area (Å²) in [7, 11) is 3.17. The van der Waals surface area contributed by atoms with E-state index in [4.69, 9.17) is 14.2 Å². The number of methoxy groups -OCH3 is 2. The quantitative estimate of drug-likeness (QED) is 0.300. The SMILES string of the molecule is COc1ccc(-c2cc(Nc3cc(Oc4ccc5[nH]c(C)cc5c4F)ncn3)n[nH]2)cc1OC. The van der Waals surface area contributed by atoms with Gasteiger partial charge in [0.15, 0.2) is 28.9 Å². The molecule has 0 aliphatic rings. The highest BCUT2D eigenvalue weighted by Crippen LogP contribution is 2.33. The summed E-state index contributed by atoms with van der Waals surface area (Å²) in [6.45, 7) is 1.87. The predicted octanol–water partition coefficient (Wildman–Crippen LogP) is 5.35. The maximum Gasteiger partial charge on any atom is 0.224 e. The molecule has 34 heavy (non-hydrogen) atoms. The second-order valence-electron chi connectivity index (χ2n) is 7.50. The first kappa shape index (κ1) is 21.3. The fourth-order valence-electron chi connectivity index (χ4n) is 3.61. The van der Waals surface area contributed by atoms with Crippen molar-refractivity contribution in [1.82, 2.24) is 25.1 Å². The Hall–Kier alpha value is -4.60. The van der Waals surface area contributed by atoms with Gasteiger partial charge in [-0.3, -0.25) is 5.10 Å². The molecule has 10 heteroatoms. The van der Waals surface area contributed by atoms with Crippen LogP contribution in [0.4, 0.5) is 16.0 Å². The third kappa shape index (κ3) is 4.08. The van der Waals surface area contributed by atoms with Gasteiger partial charge in [-0.05, 0) is 43.3 Å². The van der Waals surface area contributed by atoms with Crippen molar-refractivity contribution >= 4 is 22.5 Å². The zero-order valence-corrected chi connectivity index (χ0v) is 18.6. The van der Waals surface area contributed by atoms with Gasteiger partial charge >= 0.3 is 0 Å². The van der Waals surface area contributed by atoms with Crippen LogP contribution in [0.15, 0.2) is 54.9 Å². The van der Waals surface area contributed by atoms with Crippen molar-refractivity contribution in [3.05, 3.63) is 66.4 Å². The number of rotatable bonds is 7. The first-order valence-electron chi connectivity index (χ1n) is 10.4. The van der Waals surface area contributed by atoms with Crippen LogP contribution in [-0.4, -0.2) is 39.4 Å². The second kappa shape index (κ2) is 8.74. The minimum atomic E-state index is -0.457. The highest BCUT2D eigenvalue weighted by Gasteiger charge is 2.13. The number of aryl methyl sites for hydroxylation is 1. The van der Waals surface area contributed by atoms with Gasteiger partial charge in [0.05, 0.1) is 19.9 Å². The minimum absolute atomic E-state index is 0.0756. The number of anilines is 2. The van der Waals surface area contributed by atoms with E-state index < -0.39 is 5.82 Å². The Bertz CT molecular complexity index is 1480. The minimum Gasteiger partial charge on any atom is -0.493 e. The van der Waals surface area contributed by atoms with E-state index in [0.29, 0.717) is 34.0 Å². The van der Waals surface area contributed by atoms with Crippen LogP contribution < -0.4 is 19.5 Å². The lowest BCUT2D eigenvalue weighted by Gasteiger charge is -2.08. The molecule has 0 atom stereocenters. The van der Waals surface area contributed by atoms with Crippen molar-refractivity contribution in [3.8, 4) is 34.4 Å². The Labute approximate surface area is 193 Å². The fraction of sp³-hybridized carbons (Fsp3) is 0.125. The van der Waals surface area contributed by atoms with Gasteiger partial charge in [-0.15, -0.1) is 0 Å². The van der Waals surface area contributed by atoms with Gasteiger partial charge in [0.1, 0.15) is 12.1 Å². The zero-order valence-electron chi connectivity index (χ0n) is 18.6. The molecule has 0 saturated carbocycles. The molecule has 5 aromatic rings. The third-order valence-corrected chi connectivity index (χ3v) is 5.22. The van der Waals surface area contributed by atoms with Gasteiger partial charge in [-0.2, -0.15) is 5.10 Å². The Kier molecular flexibility index (Phi) is 5.46. The van der Waals surface area contributed by atoms with Crippen molar-refractivity contribution in [1.29, 1.82) is 0 Å². The van der Waals surface area contributed by atoms with Crippen LogP contribution >= 0.6 is 0 Å². The van der Waals surface area contributed by atoms with E-state index in [-0.39, 0.29) is 11.6 Å². The van der Waals surface area contributed by atoms with Crippen molar-refractivity contribution in [3.63, 3.8) is 0 Å². The molecule has 5 rings (SSSR count). The topological polar surface area (TPSA) is 110 Å². The number of hydrogen-bond acceptors (Lipinski definition) is 7. The fourth-order valence-corrected chi connectivity index (χ4v) is 3.61. The predicted molar refractivity (Wildman–Crippen MR) is 126 cm³/mol. The number of aromatic amines is 2. The largest absolute Gasteiger partial charge is 0.493 e. The Morgan fingerprint density at radius 3 is 2.53 bits per heavy atom. The normalized spacial score (nSPS) is 10.9. The van der Waals surface area contributed by atoms with Gasteiger partial charge in [-0.1, -0.05) is 0 Å². The van der Waals surface area contributed by atoms with Gasteiger partial charge in [0.2, 0.25) is 5.88 Å². The summed E-state index contributed by atoms with van der Waals surface area (Å²) >= 11 is 0. The first-order chi connectivity index (χ1) is 16.5. The summed E-state index contributed by atoms with van der Waals surface area (Å²) in [6.07, 6.45) is 1.33. The van der Waals surface area contributed by atoms with Crippen molar-refractivity contribution < 1.29 is 18.6 Å². The van der Waals surface area contributed by atoms with E-state index in [1.54, 1.807) is 38.5 Å². The summed E-state index contributed by atoms with van der Waals surface area (Å²) in [5.74, 6) is 2.04. The van der Waals surface area contributed by atoms with Crippen molar-refractivity contribution in [2.45, 2.75) is 6.92 Å². The van der Waals surface area contributed by atoms with Crippen LogP contribution in [0.2, 0.25) is 0 Å². The highest BCUT2D eigenvalue weighted by atomic mass is 19.1. The van der Waals surface area contributed by atoms with E-state index in [9.17, 15) is 4.39 Å². The Morgan fingerprint density at radius 1 is 0.882 bits per heavy atom. The number of halogens is 1. The van der Waals surface area contributed by atoms with E-state index in [1.165, 1.54) is 6.33 Å². The molecule has 0 radical (unpaired) electrons. The van der Waals surface area contributed by atoms with Gasteiger partial charge in [0, 0.05) is 34.3 Å². The molecule has 172 valence electrons. The molecule has 0 aliphatic carbocycles. The first-order valence-corrected chi connectivity index (χ1v) is 10.4. The molecule has 0 bridgehead atoms. The number of benzene rings is 2. The van der Waals surface area contributed by atoms with E-state index in [1.807, 2.05) is 31.2 Å². The molecule has 3 aromatic heterocycles. The van der Waals surface area contributed by atoms with Crippen LogP contribution in [0.3, 0.4) is 0 Å². The molecule has 0 amide bonds. The van der Waals surface area contributed by atoms with Crippen LogP contribution in [0.25, 0.3) is 22.2 Å². The van der Waals surface area contributed by atoms with E-state index in [2.05, 4.69) is 30.5 Å². The second-order valence-corrected chi connectivity index (χ2v) is 7.50. The average Bonchev–Trinajstić information content (AvgIpc) is 3.47. The van der Waals surface area contributed by atoms with E-state index in [0.717, 1.165) is 17.0 Å². The number of ether oxygens (including phenoxy) is 3. The summed E-state index contributed by atoms with van der Waals surface area (Å²) < 4.78 is 31.2. The number of hydrogen-bond donors (Lipinski definition) is 3. The molecule has 0 aliphatic heterocycles. The number of H-pyrrole nitrogens is 2. The molecule has 9 nitrogen and oxygen atoms in total. The molecule has 0 spiro atoms. The van der Waals surface area contributed by atoms with Crippen LogP contribution in [0.5, 0.6) is 23.1 Å². The average molecular weight is 460 g/mol. The van der Waals surface area contributed by atoms with Crippen LogP contribution in [0, 0.1) is 12.7 Å². The monoisotopic (exact) mass is 460 g/mol. The molecule has 0 saturated heterocycles. The lowest BCUT2D eigenvalue weighted by atomic mass is 10.1. The number of aromatic nitrogens is 5. The Morgan fingerprint density at radius 2 is 1.71 bits per heavy atom. The summed E-state index contributed by atoms with van der Waals surface area (Å²) in [4.78, 5) is 11.4. The maximum atomic E-state index is 14.8. The summed E-state index contributed by atoms with van der Waals surface area (Å²) in [5, 5.41) is 10.8. The molecule has 3 heterocycles. The summed E-state index contributed by atoms with van der Waals surface area (Å²) in [6, 6.07) is 14.0. The molecular weight excluding hydrogens is 439 g/mol. The third-order valence-electron chi connectivity index (χ3n) is 5.22. The maximum absolute atomic E-state index is 14.8. The van der Waals surface area contributed by atoms with Gasteiger partial charge in [-0.25, -0.2) is 14.4 Å². The number of fused-ring (bicyclic) bond motifs is 1. The van der Waals surface area contributed by atoms with Crippen LogP contribution in [-0.2, 0) is 0 Å². The highest BCUT2D eigenvalue weighted by molar-refractivity contribution is 5.82. The number of nitrogens with zero attached hydrogens (tertiary/aromatic N) is 3. The van der Waals surface area contributed by atoms with Crippen LogP contribution in [0.1, 0.15) is 5.69 Å². The summed E-state index contributed by atoms with van der Waals surface area (Å²) in [5.41, 5.74) is 3.21. The molecule has 0 fully saturated rings. The smallest absolute Gasteiger partial charge is 0.224 e. The molecule has 0 unspecified atom stereocenters. The van der Waals surface area contributed by atoms with Crippen molar-refractivity contribution in [2.24, 2.45) is 0 Å². The van der Waals surface area contributed by atoms with Crippen molar-refractivity contribution in [2.75, 3.05) is 19.5 Å². The number of nitrogens with one attached hydrogen (secondary N) is 3. The molecule has 3 N–H and O–H groups in total. The van der Waals surface area contributed by atoms with E-state index >= 15 is 0 Å². The molecular formula is C24H21FN6O3. The standard InChI is InChI=1S/C24H21FN6O3/c1-13-8-15-16(28-13)5-7-19(24(15)25)34-23-11-21(26-12-27-23)29-22-10-17(30-31-22)14-4-6-18(32-2)20(9-14)33-3/h4-12,28H,1-3H3,(H2,26,27,29,30,31). The van der Waals surface area contributed by atoms with Gasteiger partial charge in [0.25, 0.3) is 0 Å². The lowest BCUT2D eigenvalue weighted by molar-refractivity contribution is 0.355. The van der Waals surface area contributed by atoms with Gasteiger partial charge < -0.3 is 24.5 Å². The zero-order chi connectivity index (χ0) is 23.7. The molecule has 2 aromatic carbocycles. The Balaban J connectivity index is 1.34.